The Balaban J connectivity index is 2.82. The van der Waals surface area contributed by atoms with E-state index >= 15 is 0 Å². The molecular formula is C13H16ClF3N2O2. The van der Waals surface area contributed by atoms with E-state index in [1.807, 2.05) is 0 Å². The number of rotatable bonds is 5. The van der Waals surface area contributed by atoms with Gasteiger partial charge in [-0.25, -0.2) is 4.79 Å². The van der Waals surface area contributed by atoms with E-state index in [1.165, 1.54) is 31.2 Å². The molecule has 0 bridgehead atoms. The van der Waals surface area contributed by atoms with Crippen molar-refractivity contribution < 1.29 is 23.1 Å². The molecule has 0 heterocycles. The highest BCUT2D eigenvalue weighted by molar-refractivity contribution is 6.30. The lowest BCUT2D eigenvalue weighted by Gasteiger charge is -2.22. The van der Waals surface area contributed by atoms with Crippen molar-refractivity contribution >= 4 is 17.6 Å². The lowest BCUT2D eigenvalue weighted by molar-refractivity contribution is -0.139. The lowest BCUT2D eigenvalue weighted by atomic mass is 10.0. The summed E-state index contributed by atoms with van der Waals surface area (Å²) in [5.74, 6) is 0. The molecule has 0 aromatic heterocycles. The Labute approximate surface area is 125 Å². The second-order valence-corrected chi connectivity index (χ2v) is 5.06. The van der Waals surface area contributed by atoms with Crippen LogP contribution in [-0.2, 0) is 0 Å². The molecule has 0 saturated heterocycles. The summed E-state index contributed by atoms with van der Waals surface area (Å²) in [6, 6.07) is 3.20. The van der Waals surface area contributed by atoms with Crippen LogP contribution in [0.5, 0.6) is 0 Å². The smallest absolute Gasteiger partial charge is 0.391 e. The molecule has 3 N–H and O–H groups in total. The Kier molecular flexibility index (Phi) is 6.29. The molecule has 2 atom stereocenters. The SMILES string of the molecule is C[C@@H](CO)NC(=O)NC(CC(F)(F)F)c1ccc(Cl)cc1. The number of alkyl halides is 3. The first-order valence-corrected chi connectivity index (χ1v) is 6.59. The molecular weight excluding hydrogens is 309 g/mol. The predicted molar refractivity (Wildman–Crippen MR) is 73.1 cm³/mol. The van der Waals surface area contributed by atoms with Gasteiger partial charge in [-0.1, -0.05) is 23.7 Å². The van der Waals surface area contributed by atoms with Crippen LogP contribution in [0.1, 0.15) is 24.9 Å². The first kappa shape index (κ1) is 17.6. The summed E-state index contributed by atoms with van der Waals surface area (Å²) in [7, 11) is 0. The van der Waals surface area contributed by atoms with Gasteiger partial charge in [-0.3, -0.25) is 0 Å². The number of aliphatic hydroxyl groups excluding tert-OH is 1. The van der Waals surface area contributed by atoms with Crippen LogP contribution in [0.25, 0.3) is 0 Å². The van der Waals surface area contributed by atoms with Crippen LogP contribution in [0.2, 0.25) is 5.02 Å². The molecule has 1 aromatic carbocycles. The quantitative estimate of drug-likeness (QED) is 0.779. The zero-order valence-electron chi connectivity index (χ0n) is 11.2. The Morgan fingerprint density at radius 2 is 1.86 bits per heavy atom. The summed E-state index contributed by atoms with van der Waals surface area (Å²) in [6.45, 7) is 1.22. The van der Waals surface area contributed by atoms with Crippen molar-refractivity contribution in [2.24, 2.45) is 0 Å². The van der Waals surface area contributed by atoms with E-state index in [9.17, 15) is 18.0 Å². The van der Waals surface area contributed by atoms with E-state index in [2.05, 4.69) is 10.6 Å². The van der Waals surface area contributed by atoms with E-state index in [0.717, 1.165) is 0 Å². The Hall–Kier alpha value is -1.47. The number of aliphatic hydroxyl groups is 1. The molecule has 0 radical (unpaired) electrons. The monoisotopic (exact) mass is 324 g/mol. The number of hydrogen-bond donors (Lipinski definition) is 3. The van der Waals surface area contributed by atoms with Gasteiger partial charge in [0.25, 0.3) is 0 Å². The average molecular weight is 325 g/mol. The number of amides is 2. The van der Waals surface area contributed by atoms with Crippen LogP contribution in [0.15, 0.2) is 24.3 Å². The maximum Gasteiger partial charge on any atom is 0.391 e. The van der Waals surface area contributed by atoms with Gasteiger partial charge in [0.2, 0.25) is 0 Å². The number of urea groups is 1. The number of nitrogens with one attached hydrogen (secondary N) is 2. The summed E-state index contributed by atoms with van der Waals surface area (Å²) in [5.41, 5.74) is 0.295. The molecule has 1 unspecified atom stereocenters. The van der Waals surface area contributed by atoms with Gasteiger partial charge in [0.05, 0.1) is 25.1 Å². The Morgan fingerprint density at radius 3 is 2.33 bits per heavy atom. The second-order valence-electron chi connectivity index (χ2n) is 4.62. The highest BCUT2D eigenvalue weighted by Crippen LogP contribution is 2.30. The van der Waals surface area contributed by atoms with Crippen LogP contribution in [0.3, 0.4) is 0 Å². The third-order valence-corrected chi connectivity index (χ3v) is 2.92. The van der Waals surface area contributed by atoms with Crippen molar-refractivity contribution in [2.75, 3.05) is 6.61 Å². The molecule has 0 aliphatic heterocycles. The molecule has 2 amide bonds. The second kappa shape index (κ2) is 7.51. The fourth-order valence-electron chi connectivity index (χ4n) is 1.65. The number of hydrogen-bond acceptors (Lipinski definition) is 2. The number of halogens is 4. The van der Waals surface area contributed by atoms with E-state index in [0.29, 0.717) is 10.6 Å². The molecule has 1 aromatic rings. The normalized spacial score (nSPS) is 14.4. The zero-order chi connectivity index (χ0) is 16.0. The van der Waals surface area contributed by atoms with Crippen molar-refractivity contribution in [3.63, 3.8) is 0 Å². The van der Waals surface area contributed by atoms with Gasteiger partial charge < -0.3 is 15.7 Å². The molecule has 0 spiro atoms. The van der Waals surface area contributed by atoms with Crippen molar-refractivity contribution in [3.8, 4) is 0 Å². The zero-order valence-corrected chi connectivity index (χ0v) is 12.0. The number of carbonyl (C=O) groups excluding carboxylic acids is 1. The summed E-state index contributed by atoms with van der Waals surface area (Å²) < 4.78 is 37.8. The largest absolute Gasteiger partial charge is 0.394 e. The maximum atomic E-state index is 12.6. The standard InChI is InChI=1S/C13H16ClF3N2O2/c1-8(7-20)18-12(21)19-11(6-13(15,16)17)9-2-4-10(14)5-3-9/h2-5,8,11,20H,6-7H2,1H3,(H2,18,19,21)/t8-,11?/m0/s1. The summed E-state index contributed by atoms with van der Waals surface area (Å²) in [4.78, 5) is 11.6. The van der Waals surface area contributed by atoms with E-state index in [4.69, 9.17) is 16.7 Å². The lowest BCUT2D eigenvalue weighted by Crippen LogP contribution is -2.44. The third-order valence-electron chi connectivity index (χ3n) is 2.66. The van der Waals surface area contributed by atoms with Gasteiger partial charge in [0, 0.05) is 5.02 Å². The van der Waals surface area contributed by atoms with Crippen molar-refractivity contribution in [1.82, 2.24) is 10.6 Å². The molecule has 0 saturated carbocycles. The predicted octanol–water partition coefficient (Wildman–Crippen LogP) is 3.01. The number of benzene rings is 1. The van der Waals surface area contributed by atoms with Crippen molar-refractivity contribution in [3.05, 3.63) is 34.9 Å². The number of carbonyl (C=O) groups is 1. The maximum absolute atomic E-state index is 12.6. The minimum atomic E-state index is -4.43. The van der Waals surface area contributed by atoms with E-state index in [-0.39, 0.29) is 6.61 Å². The molecule has 0 aliphatic rings. The third kappa shape index (κ3) is 6.68. The topological polar surface area (TPSA) is 61.4 Å². The minimum absolute atomic E-state index is 0.295. The Bertz CT molecular complexity index is 465. The molecule has 4 nitrogen and oxygen atoms in total. The van der Waals surface area contributed by atoms with Crippen molar-refractivity contribution in [1.29, 1.82) is 0 Å². The van der Waals surface area contributed by atoms with E-state index < -0.39 is 30.7 Å². The van der Waals surface area contributed by atoms with Crippen LogP contribution in [-0.4, -0.2) is 30.0 Å². The van der Waals surface area contributed by atoms with Gasteiger partial charge in [-0.15, -0.1) is 0 Å². The van der Waals surface area contributed by atoms with Crippen LogP contribution in [0.4, 0.5) is 18.0 Å². The highest BCUT2D eigenvalue weighted by Gasteiger charge is 2.33. The van der Waals surface area contributed by atoms with Gasteiger partial charge in [0.15, 0.2) is 0 Å². The highest BCUT2D eigenvalue weighted by atomic mass is 35.5. The Morgan fingerprint density at radius 1 is 1.29 bits per heavy atom. The molecule has 0 aliphatic carbocycles. The fraction of sp³-hybridized carbons (Fsp3) is 0.462. The molecule has 21 heavy (non-hydrogen) atoms. The van der Waals surface area contributed by atoms with Crippen molar-refractivity contribution in [2.45, 2.75) is 31.6 Å². The fourth-order valence-corrected chi connectivity index (χ4v) is 1.77. The molecule has 118 valence electrons. The van der Waals surface area contributed by atoms with Crippen LogP contribution in [0, 0.1) is 0 Å². The van der Waals surface area contributed by atoms with Crippen LogP contribution >= 0.6 is 11.6 Å². The van der Waals surface area contributed by atoms with Gasteiger partial charge in [0.1, 0.15) is 0 Å². The molecule has 8 heteroatoms. The first-order valence-electron chi connectivity index (χ1n) is 6.21. The molecule has 0 fully saturated rings. The van der Waals surface area contributed by atoms with Gasteiger partial charge in [-0.05, 0) is 24.6 Å². The average Bonchev–Trinajstić information content (AvgIpc) is 2.37. The first-order chi connectivity index (χ1) is 9.71. The van der Waals surface area contributed by atoms with Crippen LogP contribution < -0.4 is 10.6 Å². The van der Waals surface area contributed by atoms with Gasteiger partial charge in [-0.2, -0.15) is 13.2 Å². The summed E-state index contributed by atoms with van der Waals surface area (Å²) in [6.07, 6.45) is -5.63. The van der Waals surface area contributed by atoms with Gasteiger partial charge >= 0.3 is 12.2 Å². The summed E-state index contributed by atoms with van der Waals surface area (Å²) >= 11 is 5.69. The van der Waals surface area contributed by atoms with E-state index in [1.54, 1.807) is 0 Å². The minimum Gasteiger partial charge on any atom is -0.394 e. The summed E-state index contributed by atoms with van der Waals surface area (Å²) in [5, 5.41) is 13.8. The molecule has 1 rings (SSSR count).